The third-order valence-electron chi connectivity index (χ3n) is 5.03. The second kappa shape index (κ2) is 9.45. The van der Waals surface area contributed by atoms with Gasteiger partial charge in [0.05, 0.1) is 18.8 Å². The number of aryl methyl sites for hydroxylation is 1. The number of hydrogen-bond acceptors (Lipinski definition) is 6. The number of benzene rings is 2. The van der Waals surface area contributed by atoms with E-state index >= 15 is 0 Å². The maximum atomic E-state index is 12.9. The fraction of sp³-hybridized carbons (Fsp3) is 0.261. The first-order valence-electron chi connectivity index (χ1n) is 10.3. The van der Waals surface area contributed by atoms with Gasteiger partial charge in [0.15, 0.2) is 0 Å². The van der Waals surface area contributed by atoms with E-state index in [9.17, 15) is 18.0 Å². The molecule has 0 spiro atoms. The Balaban J connectivity index is 1.43. The van der Waals surface area contributed by atoms with Gasteiger partial charge in [-0.05, 0) is 49.4 Å². The molecule has 1 amide bonds. The minimum absolute atomic E-state index is 0.0733. The van der Waals surface area contributed by atoms with Crippen LogP contribution in [0, 0.1) is 6.92 Å². The third kappa shape index (κ3) is 5.78. The fourth-order valence-corrected chi connectivity index (χ4v) is 3.37. The number of morpholine rings is 1. The van der Waals surface area contributed by atoms with Crippen molar-refractivity contribution in [2.45, 2.75) is 13.1 Å². The van der Waals surface area contributed by atoms with Gasteiger partial charge in [-0.25, -0.2) is 4.98 Å². The number of hydrogen-bond donors (Lipinski definition) is 2. The number of nitrogens with zero attached hydrogens (tertiary/aromatic N) is 3. The second-order valence-electron chi connectivity index (χ2n) is 7.53. The highest BCUT2D eigenvalue weighted by atomic mass is 19.4. The molecular formula is C23H22F3N5O2. The van der Waals surface area contributed by atoms with Crippen LogP contribution in [0.2, 0.25) is 0 Å². The summed E-state index contributed by atoms with van der Waals surface area (Å²) in [7, 11) is 0. The van der Waals surface area contributed by atoms with Gasteiger partial charge in [-0.3, -0.25) is 4.79 Å². The number of alkyl halides is 3. The van der Waals surface area contributed by atoms with E-state index in [-0.39, 0.29) is 5.56 Å². The van der Waals surface area contributed by atoms with Crippen LogP contribution in [0.5, 0.6) is 0 Å². The lowest BCUT2D eigenvalue weighted by Crippen LogP contribution is -2.36. The topological polar surface area (TPSA) is 79.4 Å². The number of ether oxygens (including phenoxy) is 1. The van der Waals surface area contributed by atoms with Crippen molar-refractivity contribution in [3.8, 4) is 0 Å². The van der Waals surface area contributed by atoms with E-state index in [2.05, 4.69) is 25.5 Å². The lowest BCUT2D eigenvalue weighted by Gasteiger charge is -2.28. The summed E-state index contributed by atoms with van der Waals surface area (Å²) in [5, 5.41) is 5.75. The molecule has 1 aliphatic heterocycles. The molecule has 0 saturated carbocycles. The lowest BCUT2D eigenvalue weighted by molar-refractivity contribution is -0.137. The average molecular weight is 457 g/mol. The number of halogens is 3. The monoisotopic (exact) mass is 457 g/mol. The first kappa shape index (κ1) is 22.5. The van der Waals surface area contributed by atoms with Crippen LogP contribution in [0.4, 0.5) is 36.3 Å². The quantitative estimate of drug-likeness (QED) is 0.581. The molecule has 172 valence electrons. The van der Waals surface area contributed by atoms with E-state index in [1.54, 1.807) is 24.3 Å². The molecular weight excluding hydrogens is 435 g/mol. The number of amides is 1. The van der Waals surface area contributed by atoms with Crippen LogP contribution < -0.4 is 15.5 Å². The number of carbonyl (C=O) groups is 1. The van der Waals surface area contributed by atoms with E-state index in [0.717, 1.165) is 36.7 Å². The fourth-order valence-electron chi connectivity index (χ4n) is 3.37. The van der Waals surface area contributed by atoms with Crippen LogP contribution >= 0.6 is 0 Å². The Kier molecular flexibility index (Phi) is 6.45. The molecule has 2 N–H and O–H groups in total. The van der Waals surface area contributed by atoms with Crippen LogP contribution in [0.3, 0.4) is 0 Å². The molecule has 0 bridgehead atoms. The molecule has 33 heavy (non-hydrogen) atoms. The first-order valence-corrected chi connectivity index (χ1v) is 10.3. The minimum Gasteiger partial charge on any atom is -0.378 e. The van der Waals surface area contributed by atoms with Crippen molar-refractivity contribution in [2.24, 2.45) is 0 Å². The van der Waals surface area contributed by atoms with Gasteiger partial charge in [0.1, 0.15) is 5.82 Å². The van der Waals surface area contributed by atoms with E-state index in [1.165, 1.54) is 12.1 Å². The highest BCUT2D eigenvalue weighted by molar-refractivity contribution is 6.04. The summed E-state index contributed by atoms with van der Waals surface area (Å²) >= 11 is 0. The lowest BCUT2D eigenvalue weighted by atomic mass is 10.1. The van der Waals surface area contributed by atoms with Gasteiger partial charge in [-0.15, -0.1) is 0 Å². The van der Waals surface area contributed by atoms with Gasteiger partial charge >= 0.3 is 6.18 Å². The van der Waals surface area contributed by atoms with Crippen molar-refractivity contribution < 1.29 is 22.7 Å². The van der Waals surface area contributed by atoms with E-state index in [4.69, 9.17) is 4.74 Å². The molecule has 2 heterocycles. The number of aromatic nitrogens is 2. The molecule has 7 nitrogen and oxygen atoms in total. The van der Waals surface area contributed by atoms with E-state index in [0.29, 0.717) is 30.5 Å². The number of carbonyl (C=O) groups excluding carboxylic acids is 1. The molecule has 0 unspecified atom stereocenters. The number of rotatable bonds is 5. The van der Waals surface area contributed by atoms with Crippen LogP contribution in [0.1, 0.15) is 21.6 Å². The minimum atomic E-state index is -4.51. The average Bonchev–Trinajstić information content (AvgIpc) is 2.80. The zero-order valence-electron chi connectivity index (χ0n) is 17.8. The summed E-state index contributed by atoms with van der Waals surface area (Å²) in [6.07, 6.45) is -4.51. The van der Waals surface area contributed by atoms with Gasteiger partial charge in [-0.1, -0.05) is 6.07 Å². The summed E-state index contributed by atoms with van der Waals surface area (Å²) < 4.78 is 44.0. The smallest absolute Gasteiger partial charge is 0.378 e. The van der Waals surface area contributed by atoms with Crippen LogP contribution in [-0.4, -0.2) is 42.2 Å². The van der Waals surface area contributed by atoms with Gasteiger partial charge in [0, 0.05) is 41.8 Å². The van der Waals surface area contributed by atoms with Crippen molar-refractivity contribution in [1.29, 1.82) is 0 Å². The normalized spacial score (nSPS) is 14.1. The molecule has 0 radical (unpaired) electrons. The second-order valence-corrected chi connectivity index (χ2v) is 7.53. The van der Waals surface area contributed by atoms with Crippen LogP contribution in [-0.2, 0) is 10.9 Å². The molecule has 0 atom stereocenters. The Morgan fingerprint density at radius 2 is 1.70 bits per heavy atom. The summed E-state index contributed by atoms with van der Waals surface area (Å²) in [5.41, 5.74) is 1.02. The predicted octanol–water partition coefficient (Wildman–Crippen LogP) is 4.64. The predicted molar refractivity (Wildman–Crippen MR) is 119 cm³/mol. The van der Waals surface area contributed by atoms with Gasteiger partial charge in [0.25, 0.3) is 5.91 Å². The summed E-state index contributed by atoms with van der Waals surface area (Å²) in [4.78, 5) is 23.5. The van der Waals surface area contributed by atoms with Crippen LogP contribution in [0.15, 0.2) is 54.6 Å². The Labute approximate surface area is 188 Å². The zero-order valence-corrected chi connectivity index (χ0v) is 17.8. The maximum absolute atomic E-state index is 12.9. The molecule has 4 rings (SSSR count). The summed E-state index contributed by atoms with van der Waals surface area (Å²) in [6, 6.07) is 13.0. The molecule has 3 aromatic rings. The van der Waals surface area contributed by atoms with E-state index < -0.39 is 17.6 Å². The van der Waals surface area contributed by atoms with Gasteiger partial charge < -0.3 is 20.3 Å². The largest absolute Gasteiger partial charge is 0.416 e. The summed E-state index contributed by atoms with van der Waals surface area (Å²) in [5.74, 6) is 0.634. The van der Waals surface area contributed by atoms with Crippen molar-refractivity contribution in [3.63, 3.8) is 0 Å². The molecule has 1 aromatic heterocycles. The highest BCUT2D eigenvalue weighted by Crippen LogP contribution is 2.29. The van der Waals surface area contributed by atoms with Gasteiger partial charge in [0.2, 0.25) is 5.95 Å². The molecule has 1 saturated heterocycles. The van der Waals surface area contributed by atoms with Crippen molar-refractivity contribution in [2.75, 3.05) is 41.8 Å². The first-order chi connectivity index (χ1) is 15.8. The zero-order chi connectivity index (χ0) is 23.4. The SMILES string of the molecule is Cc1cc(N2CCOCC2)nc(Nc2ccc(NC(=O)c3cccc(C(F)(F)F)c3)cc2)n1. The third-order valence-corrected chi connectivity index (χ3v) is 5.03. The Morgan fingerprint density at radius 1 is 1.00 bits per heavy atom. The molecule has 10 heteroatoms. The Hall–Kier alpha value is -3.66. The Bertz CT molecular complexity index is 1130. The number of nitrogens with one attached hydrogen (secondary N) is 2. The Morgan fingerprint density at radius 3 is 2.39 bits per heavy atom. The number of anilines is 4. The van der Waals surface area contributed by atoms with Crippen LogP contribution in [0.25, 0.3) is 0 Å². The highest BCUT2D eigenvalue weighted by Gasteiger charge is 2.30. The summed E-state index contributed by atoms with van der Waals surface area (Å²) in [6.45, 7) is 4.72. The molecule has 1 aliphatic rings. The van der Waals surface area contributed by atoms with Crippen molar-refractivity contribution >= 4 is 29.0 Å². The molecule has 1 fully saturated rings. The van der Waals surface area contributed by atoms with Crippen molar-refractivity contribution in [1.82, 2.24) is 9.97 Å². The van der Waals surface area contributed by atoms with E-state index in [1.807, 2.05) is 13.0 Å². The molecule has 2 aromatic carbocycles. The standard InChI is InChI=1S/C23H22F3N5O2/c1-15-13-20(31-9-11-33-12-10-31)30-22(27-15)29-19-7-5-18(6-8-19)28-21(32)16-3-2-4-17(14-16)23(24,25)26/h2-8,13-14H,9-12H2,1H3,(H,28,32)(H,27,29,30). The maximum Gasteiger partial charge on any atom is 0.416 e. The van der Waals surface area contributed by atoms with Crippen molar-refractivity contribution in [3.05, 3.63) is 71.4 Å². The van der Waals surface area contributed by atoms with Gasteiger partial charge in [-0.2, -0.15) is 18.2 Å². The molecule has 0 aliphatic carbocycles.